The lowest BCUT2D eigenvalue weighted by Gasteiger charge is -2.04. The molecule has 1 aromatic rings. The van der Waals surface area contributed by atoms with Gasteiger partial charge in [0.05, 0.1) is 5.69 Å². The molecule has 0 aliphatic carbocycles. The number of phenolic OH excluding ortho intramolecular Hbond substituents is 1. The Hall–Kier alpha value is -0.940. The van der Waals surface area contributed by atoms with Crippen LogP contribution in [0.2, 0.25) is 0 Å². The van der Waals surface area contributed by atoms with Gasteiger partial charge < -0.3 is 5.11 Å². The van der Waals surface area contributed by atoms with E-state index in [1.807, 2.05) is 0 Å². The Labute approximate surface area is 81.2 Å². The number of hydrogen-bond donors (Lipinski definition) is 2. The van der Waals surface area contributed by atoms with Crippen LogP contribution in [-0.4, -0.2) is 18.7 Å². The average molecular weight is 222 g/mol. The Balaban J connectivity index is 2.87. The van der Waals surface area contributed by atoms with Crippen LogP contribution in [0.5, 0.6) is 5.75 Å². The third kappa shape index (κ3) is 3.12. The van der Waals surface area contributed by atoms with Crippen molar-refractivity contribution in [2.75, 3.05) is 9.93 Å². The lowest BCUT2D eigenvalue weighted by Crippen LogP contribution is -2.13. The third-order valence-corrected chi connectivity index (χ3v) is 2.96. The highest BCUT2D eigenvalue weighted by Crippen LogP contribution is 2.16. The standard InChI is InChI=1S/C7H8ClNO3S/c8-5-13(11,12)9-6-2-1-3-7(10)4-6/h1-4,9-10H,5H2. The van der Waals surface area contributed by atoms with Gasteiger partial charge in [0.15, 0.2) is 0 Å². The summed E-state index contributed by atoms with van der Waals surface area (Å²) in [6.07, 6.45) is 0. The summed E-state index contributed by atoms with van der Waals surface area (Å²) in [5.74, 6) is -0.00484. The first-order valence-corrected chi connectivity index (χ1v) is 5.58. The summed E-state index contributed by atoms with van der Waals surface area (Å²) < 4.78 is 24.1. The van der Waals surface area contributed by atoms with Crippen molar-refractivity contribution in [3.63, 3.8) is 0 Å². The maximum absolute atomic E-state index is 11.0. The van der Waals surface area contributed by atoms with Crippen LogP contribution in [0.15, 0.2) is 24.3 Å². The zero-order valence-corrected chi connectivity index (χ0v) is 8.14. The molecule has 72 valence electrons. The molecule has 0 radical (unpaired) electrons. The van der Waals surface area contributed by atoms with Gasteiger partial charge in [-0.05, 0) is 12.1 Å². The average Bonchev–Trinajstić information content (AvgIpc) is 2.03. The molecule has 0 heterocycles. The van der Waals surface area contributed by atoms with Gasteiger partial charge in [-0.1, -0.05) is 6.07 Å². The molecule has 0 saturated heterocycles. The quantitative estimate of drug-likeness (QED) is 0.757. The van der Waals surface area contributed by atoms with Gasteiger partial charge in [0.1, 0.15) is 11.0 Å². The molecule has 0 atom stereocenters. The van der Waals surface area contributed by atoms with Crippen LogP contribution in [-0.2, 0) is 10.0 Å². The molecule has 6 heteroatoms. The van der Waals surface area contributed by atoms with Gasteiger partial charge in [-0.2, -0.15) is 0 Å². The smallest absolute Gasteiger partial charge is 0.246 e. The SMILES string of the molecule is O=S(=O)(CCl)Nc1cccc(O)c1. The molecule has 0 amide bonds. The summed E-state index contributed by atoms with van der Waals surface area (Å²) >= 11 is 5.17. The summed E-state index contributed by atoms with van der Waals surface area (Å²) in [4.78, 5) is 0. The Bertz CT molecular complexity index is 390. The fourth-order valence-corrected chi connectivity index (χ4v) is 1.48. The van der Waals surface area contributed by atoms with Gasteiger partial charge >= 0.3 is 0 Å². The van der Waals surface area contributed by atoms with Crippen LogP contribution in [0.4, 0.5) is 5.69 Å². The lowest BCUT2D eigenvalue weighted by molar-refractivity contribution is 0.475. The first-order valence-electron chi connectivity index (χ1n) is 3.39. The molecule has 1 aromatic carbocycles. The Kier molecular flexibility index (Phi) is 3.00. The number of aromatic hydroxyl groups is 1. The number of sulfonamides is 1. The van der Waals surface area contributed by atoms with E-state index in [0.717, 1.165) is 0 Å². The second-order valence-electron chi connectivity index (χ2n) is 2.38. The number of nitrogens with one attached hydrogen (secondary N) is 1. The Morgan fingerprint density at radius 3 is 2.69 bits per heavy atom. The van der Waals surface area contributed by atoms with Gasteiger partial charge in [-0.15, -0.1) is 11.6 Å². The number of anilines is 1. The lowest BCUT2D eigenvalue weighted by atomic mass is 10.3. The van der Waals surface area contributed by atoms with Crippen molar-refractivity contribution in [3.8, 4) is 5.75 Å². The molecule has 4 nitrogen and oxygen atoms in total. The van der Waals surface area contributed by atoms with Crippen molar-refractivity contribution in [1.82, 2.24) is 0 Å². The van der Waals surface area contributed by atoms with E-state index in [9.17, 15) is 8.42 Å². The van der Waals surface area contributed by atoms with E-state index >= 15 is 0 Å². The van der Waals surface area contributed by atoms with Gasteiger partial charge in [-0.3, -0.25) is 4.72 Å². The first-order chi connectivity index (χ1) is 6.03. The molecule has 0 bridgehead atoms. The highest BCUT2D eigenvalue weighted by atomic mass is 35.5. The number of alkyl halides is 1. The number of rotatable bonds is 3. The predicted molar refractivity (Wildman–Crippen MR) is 51.4 cm³/mol. The Morgan fingerprint density at radius 2 is 2.15 bits per heavy atom. The first kappa shape index (κ1) is 10.1. The second-order valence-corrected chi connectivity index (χ2v) is 4.68. The van der Waals surface area contributed by atoms with Gasteiger partial charge in [0, 0.05) is 6.07 Å². The molecule has 2 N–H and O–H groups in total. The van der Waals surface area contributed by atoms with E-state index < -0.39 is 15.2 Å². The van der Waals surface area contributed by atoms with Crippen molar-refractivity contribution in [3.05, 3.63) is 24.3 Å². The van der Waals surface area contributed by atoms with E-state index in [-0.39, 0.29) is 5.75 Å². The molecule has 1 rings (SSSR count). The zero-order valence-electron chi connectivity index (χ0n) is 6.57. The third-order valence-electron chi connectivity index (χ3n) is 1.26. The molecule has 0 saturated carbocycles. The van der Waals surface area contributed by atoms with Crippen molar-refractivity contribution in [2.24, 2.45) is 0 Å². The van der Waals surface area contributed by atoms with Gasteiger partial charge in [0.2, 0.25) is 10.0 Å². The van der Waals surface area contributed by atoms with Crippen LogP contribution < -0.4 is 4.72 Å². The topological polar surface area (TPSA) is 66.4 Å². The fourth-order valence-electron chi connectivity index (χ4n) is 0.776. The fraction of sp³-hybridized carbons (Fsp3) is 0.143. The molecule has 0 spiro atoms. The molecule has 0 aliphatic rings. The van der Waals surface area contributed by atoms with Crippen LogP contribution in [0, 0.1) is 0 Å². The van der Waals surface area contributed by atoms with Crippen molar-refractivity contribution in [2.45, 2.75) is 0 Å². The number of hydrogen-bond acceptors (Lipinski definition) is 3. The van der Waals surface area contributed by atoms with E-state index in [1.165, 1.54) is 24.3 Å². The van der Waals surface area contributed by atoms with Crippen LogP contribution >= 0.6 is 11.6 Å². The van der Waals surface area contributed by atoms with E-state index in [4.69, 9.17) is 16.7 Å². The summed E-state index contributed by atoms with van der Waals surface area (Å²) in [5.41, 5.74) is 0.292. The summed E-state index contributed by atoms with van der Waals surface area (Å²) in [5, 5.41) is 8.50. The number of phenols is 1. The summed E-state index contributed by atoms with van der Waals surface area (Å²) in [6.45, 7) is 0. The maximum Gasteiger partial charge on any atom is 0.246 e. The highest BCUT2D eigenvalue weighted by Gasteiger charge is 2.07. The van der Waals surface area contributed by atoms with E-state index in [2.05, 4.69) is 4.72 Å². The minimum Gasteiger partial charge on any atom is -0.508 e. The highest BCUT2D eigenvalue weighted by molar-refractivity contribution is 7.93. The molecular weight excluding hydrogens is 214 g/mol. The second kappa shape index (κ2) is 3.85. The molecule has 0 aromatic heterocycles. The minimum atomic E-state index is -3.48. The van der Waals surface area contributed by atoms with E-state index in [0.29, 0.717) is 5.69 Å². The van der Waals surface area contributed by atoms with Gasteiger partial charge in [0.25, 0.3) is 0 Å². The number of halogens is 1. The number of benzene rings is 1. The maximum atomic E-state index is 11.0. The molecule has 13 heavy (non-hydrogen) atoms. The van der Waals surface area contributed by atoms with Crippen LogP contribution in [0.3, 0.4) is 0 Å². The zero-order chi connectivity index (χ0) is 9.90. The molecule has 0 unspecified atom stereocenters. The molecule has 0 fully saturated rings. The monoisotopic (exact) mass is 221 g/mol. The van der Waals surface area contributed by atoms with Gasteiger partial charge in [-0.25, -0.2) is 8.42 Å². The van der Waals surface area contributed by atoms with Crippen LogP contribution in [0.1, 0.15) is 0 Å². The molecule has 0 aliphatic heterocycles. The summed E-state index contributed by atoms with van der Waals surface area (Å²) in [6, 6.07) is 5.79. The largest absolute Gasteiger partial charge is 0.508 e. The summed E-state index contributed by atoms with van der Waals surface area (Å²) in [7, 11) is -3.48. The minimum absolute atomic E-state index is 0.00484. The Morgan fingerprint density at radius 1 is 1.46 bits per heavy atom. The predicted octanol–water partition coefficient (Wildman–Crippen LogP) is 1.33. The van der Waals surface area contributed by atoms with Crippen molar-refractivity contribution in [1.29, 1.82) is 0 Å². The molecular formula is C7H8ClNO3S. The normalized spacial score (nSPS) is 11.2. The van der Waals surface area contributed by atoms with E-state index in [1.54, 1.807) is 0 Å². The van der Waals surface area contributed by atoms with Crippen molar-refractivity contribution >= 4 is 27.3 Å². The van der Waals surface area contributed by atoms with Crippen molar-refractivity contribution < 1.29 is 13.5 Å². The van der Waals surface area contributed by atoms with Crippen LogP contribution in [0.25, 0.3) is 0 Å².